The van der Waals surface area contributed by atoms with Gasteiger partial charge in [0.2, 0.25) is 11.8 Å². The molecule has 2 aromatic rings. The van der Waals surface area contributed by atoms with E-state index < -0.39 is 0 Å². The molecule has 1 aliphatic heterocycles. The van der Waals surface area contributed by atoms with Gasteiger partial charge in [0.15, 0.2) is 5.13 Å². The number of nitrogens with zero attached hydrogens (tertiary/aromatic N) is 1. The van der Waals surface area contributed by atoms with Gasteiger partial charge < -0.3 is 15.4 Å². The van der Waals surface area contributed by atoms with Crippen molar-refractivity contribution in [2.45, 2.75) is 52.5 Å². The van der Waals surface area contributed by atoms with E-state index >= 15 is 0 Å². The van der Waals surface area contributed by atoms with E-state index in [0.29, 0.717) is 5.13 Å². The number of carbonyl (C=O) groups excluding carboxylic acids is 2. The number of ether oxygens (including phenoxy) is 1. The van der Waals surface area contributed by atoms with Crippen molar-refractivity contribution in [2.75, 3.05) is 11.9 Å². The van der Waals surface area contributed by atoms with Gasteiger partial charge in [0.05, 0.1) is 18.3 Å². The van der Waals surface area contributed by atoms with Crippen LogP contribution in [0.4, 0.5) is 5.13 Å². The lowest BCUT2D eigenvalue weighted by molar-refractivity contribution is -0.124. The zero-order valence-corrected chi connectivity index (χ0v) is 16.7. The van der Waals surface area contributed by atoms with Crippen molar-refractivity contribution in [2.24, 2.45) is 0 Å². The highest BCUT2D eigenvalue weighted by atomic mass is 32.1. The van der Waals surface area contributed by atoms with Crippen LogP contribution < -0.4 is 15.4 Å². The summed E-state index contributed by atoms with van der Waals surface area (Å²) in [7, 11) is 0. The second-order valence-electron chi connectivity index (χ2n) is 6.82. The lowest BCUT2D eigenvalue weighted by atomic mass is 10.00. The fourth-order valence-electron chi connectivity index (χ4n) is 2.98. The van der Waals surface area contributed by atoms with Crippen molar-refractivity contribution in [1.82, 2.24) is 10.3 Å². The number of amides is 2. The van der Waals surface area contributed by atoms with Gasteiger partial charge in [0.1, 0.15) is 5.75 Å². The summed E-state index contributed by atoms with van der Waals surface area (Å²) in [6.45, 7) is 6.58. The van der Waals surface area contributed by atoms with Gasteiger partial charge in [-0.25, -0.2) is 4.98 Å². The van der Waals surface area contributed by atoms with E-state index in [4.69, 9.17) is 4.74 Å². The quantitative estimate of drug-likeness (QED) is 0.792. The van der Waals surface area contributed by atoms with E-state index in [-0.39, 0.29) is 30.7 Å². The summed E-state index contributed by atoms with van der Waals surface area (Å²) in [6, 6.07) is 5.93. The van der Waals surface area contributed by atoms with Gasteiger partial charge in [-0.2, -0.15) is 0 Å². The number of hydrogen-bond donors (Lipinski definition) is 2. The second kappa shape index (κ2) is 8.52. The molecule has 0 bridgehead atoms. The largest absolute Gasteiger partial charge is 0.493 e. The van der Waals surface area contributed by atoms with Gasteiger partial charge in [0.25, 0.3) is 0 Å². The van der Waals surface area contributed by atoms with Crippen LogP contribution in [0, 0.1) is 13.8 Å². The maximum Gasteiger partial charge on any atom is 0.226 e. The van der Waals surface area contributed by atoms with Gasteiger partial charge in [-0.3, -0.25) is 9.59 Å². The Morgan fingerprint density at radius 1 is 1.26 bits per heavy atom. The first-order valence-corrected chi connectivity index (χ1v) is 10.0. The molecule has 1 unspecified atom stereocenters. The molecule has 6 nitrogen and oxygen atoms in total. The van der Waals surface area contributed by atoms with Gasteiger partial charge in [-0.05, 0) is 50.8 Å². The van der Waals surface area contributed by atoms with Crippen molar-refractivity contribution in [3.63, 3.8) is 0 Å². The van der Waals surface area contributed by atoms with Gasteiger partial charge >= 0.3 is 0 Å². The summed E-state index contributed by atoms with van der Waals surface area (Å²) in [4.78, 5) is 29.6. The molecule has 0 saturated carbocycles. The lowest BCUT2D eigenvalue weighted by Crippen LogP contribution is -2.27. The van der Waals surface area contributed by atoms with E-state index in [2.05, 4.69) is 21.7 Å². The Labute approximate surface area is 163 Å². The SMILES string of the molecule is Cc1nc(NC(=O)CCC(=O)NC(C)c2ccc3c(c2)CCCO3)sc1C. The molecule has 0 radical (unpaired) electrons. The van der Waals surface area contributed by atoms with Crippen LogP contribution in [-0.2, 0) is 16.0 Å². The summed E-state index contributed by atoms with van der Waals surface area (Å²) in [5, 5.41) is 6.30. The van der Waals surface area contributed by atoms with E-state index in [1.165, 1.54) is 16.9 Å². The minimum atomic E-state index is -0.197. The minimum absolute atomic E-state index is 0.114. The van der Waals surface area contributed by atoms with Crippen LogP contribution in [0.15, 0.2) is 18.2 Å². The molecule has 1 aromatic heterocycles. The van der Waals surface area contributed by atoms with Crippen molar-refractivity contribution in [1.29, 1.82) is 0 Å². The Balaban J connectivity index is 1.47. The number of hydrogen-bond acceptors (Lipinski definition) is 5. The van der Waals surface area contributed by atoms with Gasteiger partial charge in [-0.1, -0.05) is 12.1 Å². The first-order valence-electron chi connectivity index (χ1n) is 9.21. The number of benzene rings is 1. The molecule has 7 heteroatoms. The zero-order chi connectivity index (χ0) is 19.4. The monoisotopic (exact) mass is 387 g/mol. The van der Waals surface area contributed by atoms with Crippen molar-refractivity contribution >= 4 is 28.3 Å². The third-order valence-corrected chi connectivity index (χ3v) is 5.65. The molecule has 27 heavy (non-hydrogen) atoms. The fraction of sp³-hybridized carbons (Fsp3) is 0.450. The Bertz CT molecular complexity index is 827. The Morgan fingerprint density at radius 3 is 2.78 bits per heavy atom. The van der Waals surface area contributed by atoms with Crippen LogP contribution in [0.1, 0.15) is 53.9 Å². The predicted molar refractivity (Wildman–Crippen MR) is 106 cm³/mol. The zero-order valence-electron chi connectivity index (χ0n) is 15.9. The fourth-order valence-corrected chi connectivity index (χ4v) is 3.81. The Kier molecular flexibility index (Phi) is 6.11. The molecule has 2 N–H and O–H groups in total. The van der Waals surface area contributed by atoms with Crippen LogP contribution in [0.3, 0.4) is 0 Å². The first-order chi connectivity index (χ1) is 12.9. The predicted octanol–water partition coefficient (Wildman–Crippen LogP) is 3.68. The molecule has 1 aliphatic rings. The van der Waals surface area contributed by atoms with E-state index in [1.54, 1.807) is 0 Å². The van der Waals surface area contributed by atoms with Crippen LogP contribution in [0.5, 0.6) is 5.75 Å². The van der Waals surface area contributed by atoms with E-state index in [1.807, 2.05) is 32.9 Å². The van der Waals surface area contributed by atoms with Crippen molar-refractivity contribution in [3.8, 4) is 5.75 Å². The minimum Gasteiger partial charge on any atom is -0.493 e. The number of rotatable bonds is 6. The standard InChI is InChI=1S/C20H25N3O3S/c1-12-14(3)27-20(22-12)23-19(25)9-8-18(24)21-13(2)15-6-7-17-16(11-15)5-4-10-26-17/h6-7,11,13H,4-5,8-10H2,1-3H3,(H,21,24)(H,22,23,25). The van der Waals surface area contributed by atoms with Crippen LogP contribution in [0.2, 0.25) is 0 Å². The number of thiazole rings is 1. The number of fused-ring (bicyclic) bond motifs is 1. The van der Waals surface area contributed by atoms with E-state index in [9.17, 15) is 9.59 Å². The first kappa shape index (κ1) is 19.4. The molecule has 1 aromatic carbocycles. The summed E-state index contributed by atoms with van der Waals surface area (Å²) in [6.07, 6.45) is 2.30. The topological polar surface area (TPSA) is 80.3 Å². The molecule has 2 amide bonds. The molecule has 3 rings (SSSR count). The lowest BCUT2D eigenvalue weighted by Gasteiger charge is -2.20. The summed E-state index contributed by atoms with van der Waals surface area (Å²) >= 11 is 1.44. The number of carbonyl (C=O) groups is 2. The highest BCUT2D eigenvalue weighted by Crippen LogP contribution is 2.27. The smallest absolute Gasteiger partial charge is 0.226 e. The number of aromatic nitrogens is 1. The second-order valence-corrected chi connectivity index (χ2v) is 8.02. The highest BCUT2D eigenvalue weighted by Gasteiger charge is 2.16. The van der Waals surface area contributed by atoms with Gasteiger partial charge in [0, 0.05) is 17.7 Å². The molecule has 2 heterocycles. The van der Waals surface area contributed by atoms with Crippen LogP contribution >= 0.6 is 11.3 Å². The molecular formula is C20H25N3O3S. The summed E-state index contributed by atoms with van der Waals surface area (Å²) < 4.78 is 5.63. The third kappa shape index (κ3) is 5.07. The number of anilines is 1. The van der Waals surface area contributed by atoms with Crippen LogP contribution in [-0.4, -0.2) is 23.4 Å². The average molecular weight is 388 g/mol. The van der Waals surface area contributed by atoms with Gasteiger partial charge in [-0.15, -0.1) is 11.3 Å². The third-order valence-electron chi connectivity index (χ3n) is 4.66. The average Bonchev–Trinajstić information content (AvgIpc) is 2.96. The number of aryl methyl sites for hydroxylation is 3. The van der Waals surface area contributed by atoms with Crippen molar-refractivity contribution in [3.05, 3.63) is 39.9 Å². The summed E-state index contributed by atoms with van der Waals surface area (Å²) in [5.74, 6) is 0.600. The molecular weight excluding hydrogens is 362 g/mol. The molecule has 0 fully saturated rings. The van der Waals surface area contributed by atoms with Crippen LogP contribution in [0.25, 0.3) is 0 Å². The Morgan fingerprint density at radius 2 is 2.04 bits per heavy atom. The Hall–Kier alpha value is -2.41. The summed E-state index contributed by atoms with van der Waals surface area (Å²) in [5.41, 5.74) is 3.15. The normalized spacial score (nSPS) is 14.0. The highest BCUT2D eigenvalue weighted by molar-refractivity contribution is 7.15. The molecule has 0 spiro atoms. The molecule has 1 atom stereocenters. The maximum atomic E-state index is 12.2. The maximum absolute atomic E-state index is 12.2. The van der Waals surface area contributed by atoms with E-state index in [0.717, 1.165) is 41.3 Å². The molecule has 144 valence electrons. The molecule has 0 saturated heterocycles. The van der Waals surface area contributed by atoms with Crippen molar-refractivity contribution < 1.29 is 14.3 Å². The number of nitrogens with one attached hydrogen (secondary N) is 2. The molecule has 0 aliphatic carbocycles.